The minimum absolute atomic E-state index is 0.356. The molecule has 2 rings (SSSR count). The van der Waals surface area contributed by atoms with Crippen LogP contribution in [-0.4, -0.2) is 15.6 Å². The summed E-state index contributed by atoms with van der Waals surface area (Å²) in [5.74, 6) is 0. The first-order valence-electron chi connectivity index (χ1n) is 7.27. The molecule has 0 aliphatic carbocycles. The summed E-state index contributed by atoms with van der Waals surface area (Å²) < 4.78 is 2.11. The normalized spacial score (nSPS) is 14.2. The maximum Gasteiger partial charge on any atom is 0.0946 e. The Morgan fingerprint density at radius 3 is 2.35 bits per heavy atom. The molecule has 0 radical (unpaired) electrons. The van der Waals surface area contributed by atoms with Crippen molar-refractivity contribution < 1.29 is 0 Å². The third kappa shape index (κ3) is 3.48. The highest BCUT2D eigenvalue weighted by molar-refractivity contribution is 5.39. The van der Waals surface area contributed by atoms with Crippen molar-refractivity contribution in [1.82, 2.24) is 14.9 Å². The van der Waals surface area contributed by atoms with E-state index >= 15 is 0 Å². The Bertz CT molecular complexity index is 535. The highest BCUT2D eigenvalue weighted by Gasteiger charge is 2.14. The first-order chi connectivity index (χ1) is 9.47. The fraction of sp³-hybridized carbons (Fsp3) is 0.471. The van der Waals surface area contributed by atoms with Gasteiger partial charge in [-0.15, -0.1) is 0 Å². The Morgan fingerprint density at radius 2 is 1.80 bits per heavy atom. The highest BCUT2D eigenvalue weighted by Crippen LogP contribution is 2.23. The molecule has 2 unspecified atom stereocenters. The molecular weight excluding hydrogens is 246 g/mol. The topological polar surface area (TPSA) is 29.9 Å². The zero-order chi connectivity index (χ0) is 14.7. The Balaban J connectivity index is 2.06. The van der Waals surface area contributed by atoms with E-state index in [2.05, 4.69) is 61.6 Å². The van der Waals surface area contributed by atoms with Crippen molar-refractivity contribution in [2.75, 3.05) is 0 Å². The van der Waals surface area contributed by atoms with Gasteiger partial charge in [-0.3, -0.25) is 0 Å². The average Bonchev–Trinajstić information content (AvgIpc) is 2.79. The Morgan fingerprint density at radius 1 is 1.15 bits per heavy atom. The van der Waals surface area contributed by atoms with E-state index in [9.17, 15) is 0 Å². The molecule has 2 aromatic rings. The van der Waals surface area contributed by atoms with Gasteiger partial charge in [-0.1, -0.05) is 17.7 Å². The number of aryl methyl sites for hydroxylation is 3. The molecule has 0 aliphatic heterocycles. The summed E-state index contributed by atoms with van der Waals surface area (Å²) in [4.78, 5) is 4.09. The Labute approximate surface area is 122 Å². The second kappa shape index (κ2) is 6.23. The van der Waals surface area contributed by atoms with E-state index in [0.717, 1.165) is 6.54 Å². The number of nitrogens with zero attached hydrogens (tertiary/aromatic N) is 2. The van der Waals surface area contributed by atoms with E-state index in [1.54, 1.807) is 0 Å². The molecule has 2 atom stereocenters. The van der Waals surface area contributed by atoms with Crippen LogP contribution >= 0.6 is 0 Å². The maximum absolute atomic E-state index is 4.09. The molecule has 0 saturated carbocycles. The summed E-state index contributed by atoms with van der Waals surface area (Å²) >= 11 is 0. The zero-order valence-corrected chi connectivity index (χ0v) is 13.1. The van der Waals surface area contributed by atoms with Crippen LogP contribution in [0.15, 0.2) is 30.9 Å². The first kappa shape index (κ1) is 14.8. The second-order valence-electron chi connectivity index (χ2n) is 5.86. The molecule has 0 amide bonds. The van der Waals surface area contributed by atoms with Crippen LogP contribution in [0.1, 0.15) is 42.1 Å². The predicted octanol–water partition coefficient (Wildman–Crippen LogP) is 3.55. The van der Waals surface area contributed by atoms with Crippen LogP contribution < -0.4 is 5.32 Å². The van der Waals surface area contributed by atoms with E-state index < -0.39 is 0 Å². The first-order valence-corrected chi connectivity index (χ1v) is 7.27. The van der Waals surface area contributed by atoms with Crippen molar-refractivity contribution in [3.63, 3.8) is 0 Å². The third-order valence-corrected chi connectivity index (χ3v) is 3.75. The van der Waals surface area contributed by atoms with Gasteiger partial charge >= 0.3 is 0 Å². The largest absolute Gasteiger partial charge is 0.336 e. The van der Waals surface area contributed by atoms with Crippen LogP contribution in [0.4, 0.5) is 0 Å². The summed E-state index contributed by atoms with van der Waals surface area (Å²) in [6.45, 7) is 12.0. The Kier molecular flexibility index (Phi) is 4.61. The molecule has 0 saturated heterocycles. The molecule has 1 heterocycles. The van der Waals surface area contributed by atoms with Crippen molar-refractivity contribution >= 4 is 0 Å². The fourth-order valence-electron chi connectivity index (χ4n) is 3.15. The van der Waals surface area contributed by atoms with Crippen molar-refractivity contribution in [2.24, 2.45) is 0 Å². The van der Waals surface area contributed by atoms with Crippen molar-refractivity contribution in [1.29, 1.82) is 0 Å². The molecule has 1 aromatic heterocycles. The molecule has 0 spiro atoms. The number of hydrogen-bond acceptors (Lipinski definition) is 2. The van der Waals surface area contributed by atoms with Crippen LogP contribution in [0, 0.1) is 20.8 Å². The van der Waals surface area contributed by atoms with Crippen LogP contribution in [0.2, 0.25) is 0 Å². The van der Waals surface area contributed by atoms with Gasteiger partial charge in [-0.25, -0.2) is 4.98 Å². The second-order valence-corrected chi connectivity index (χ2v) is 5.86. The number of nitrogens with one attached hydrogen (secondary N) is 1. The van der Waals surface area contributed by atoms with E-state index in [1.165, 1.54) is 22.3 Å². The van der Waals surface area contributed by atoms with Gasteiger partial charge in [0.25, 0.3) is 0 Å². The van der Waals surface area contributed by atoms with Crippen LogP contribution in [0.25, 0.3) is 0 Å². The number of rotatable bonds is 5. The van der Waals surface area contributed by atoms with Gasteiger partial charge in [0.1, 0.15) is 0 Å². The lowest BCUT2D eigenvalue weighted by Crippen LogP contribution is -2.33. The van der Waals surface area contributed by atoms with Gasteiger partial charge in [0, 0.05) is 31.0 Å². The van der Waals surface area contributed by atoms with E-state index in [0.29, 0.717) is 12.1 Å². The molecule has 20 heavy (non-hydrogen) atoms. The predicted molar refractivity (Wildman–Crippen MR) is 83.9 cm³/mol. The minimum atomic E-state index is 0.356. The van der Waals surface area contributed by atoms with Crippen molar-refractivity contribution in [3.05, 3.63) is 53.1 Å². The molecular formula is C17H25N3. The molecule has 0 aliphatic rings. The number of hydrogen-bond donors (Lipinski definition) is 1. The Hall–Kier alpha value is -1.61. The molecule has 1 N–H and O–H groups in total. The van der Waals surface area contributed by atoms with E-state index in [4.69, 9.17) is 0 Å². The lowest BCUT2D eigenvalue weighted by molar-refractivity contribution is 0.428. The van der Waals surface area contributed by atoms with Crippen LogP contribution in [-0.2, 0) is 6.54 Å². The number of aromatic nitrogens is 2. The van der Waals surface area contributed by atoms with Gasteiger partial charge in [0.05, 0.1) is 6.33 Å². The third-order valence-electron chi connectivity index (χ3n) is 3.75. The maximum atomic E-state index is 4.09. The molecule has 0 fully saturated rings. The molecule has 3 nitrogen and oxygen atoms in total. The number of imidazole rings is 1. The fourth-order valence-corrected chi connectivity index (χ4v) is 3.15. The summed E-state index contributed by atoms with van der Waals surface area (Å²) in [6.07, 6.45) is 5.70. The lowest BCUT2D eigenvalue weighted by Gasteiger charge is -2.24. The van der Waals surface area contributed by atoms with Gasteiger partial charge in [-0.05, 0) is 51.3 Å². The standard InChI is InChI=1S/C17H25N3/c1-12-8-13(2)17(14(3)9-12)16(5)19-15(4)10-20-7-6-18-11-20/h6-9,11,15-16,19H,10H2,1-5H3. The highest BCUT2D eigenvalue weighted by atomic mass is 15.1. The monoisotopic (exact) mass is 271 g/mol. The van der Waals surface area contributed by atoms with Crippen LogP contribution in [0.5, 0.6) is 0 Å². The smallest absolute Gasteiger partial charge is 0.0946 e. The van der Waals surface area contributed by atoms with Gasteiger partial charge in [-0.2, -0.15) is 0 Å². The van der Waals surface area contributed by atoms with E-state index in [-0.39, 0.29) is 0 Å². The SMILES string of the molecule is Cc1cc(C)c(C(C)NC(C)Cn2ccnc2)c(C)c1. The molecule has 1 aromatic carbocycles. The van der Waals surface area contributed by atoms with Gasteiger partial charge in [0.2, 0.25) is 0 Å². The van der Waals surface area contributed by atoms with Crippen molar-refractivity contribution in [2.45, 2.75) is 53.2 Å². The van der Waals surface area contributed by atoms with E-state index in [1.807, 2.05) is 18.7 Å². The summed E-state index contributed by atoms with van der Waals surface area (Å²) in [5, 5.41) is 3.69. The molecule has 3 heteroatoms. The lowest BCUT2D eigenvalue weighted by atomic mass is 9.94. The quantitative estimate of drug-likeness (QED) is 0.901. The van der Waals surface area contributed by atoms with Crippen molar-refractivity contribution in [3.8, 4) is 0 Å². The molecule has 108 valence electrons. The summed E-state index contributed by atoms with van der Waals surface area (Å²) in [7, 11) is 0. The van der Waals surface area contributed by atoms with Gasteiger partial charge in [0.15, 0.2) is 0 Å². The average molecular weight is 271 g/mol. The van der Waals surface area contributed by atoms with Crippen LogP contribution in [0.3, 0.4) is 0 Å². The molecule has 0 bridgehead atoms. The number of benzene rings is 1. The zero-order valence-electron chi connectivity index (χ0n) is 13.1. The summed E-state index contributed by atoms with van der Waals surface area (Å²) in [6, 6.07) is 5.29. The summed E-state index contributed by atoms with van der Waals surface area (Å²) in [5.41, 5.74) is 5.50. The minimum Gasteiger partial charge on any atom is -0.336 e. The van der Waals surface area contributed by atoms with Gasteiger partial charge < -0.3 is 9.88 Å².